The number of rotatable bonds is 4. The average Bonchev–Trinajstić information content (AvgIpc) is 2.98. The molecule has 3 rings (SSSR count). The Bertz CT molecular complexity index is 730. The minimum Gasteiger partial charge on any atom is -0.334 e. The predicted molar refractivity (Wildman–Crippen MR) is 95.5 cm³/mol. The highest BCUT2D eigenvalue weighted by molar-refractivity contribution is 7.15. The SMILES string of the molecule is CCC(=O)N1CCCC[C@@H]1c1cc(Nc2ncc(C)s2)nc(C)n1. The van der Waals surface area contributed by atoms with Crippen LogP contribution in [0.1, 0.15) is 55.0 Å². The number of nitrogens with one attached hydrogen (secondary N) is 1. The highest BCUT2D eigenvalue weighted by Gasteiger charge is 2.28. The second-order valence-electron chi connectivity index (χ2n) is 6.08. The van der Waals surface area contributed by atoms with Gasteiger partial charge in [0.05, 0.1) is 11.7 Å². The molecule has 0 radical (unpaired) electrons. The molecule has 1 aliphatic heterocycles. The van der Waals surface area contributed by atoms with E-state index in [9.17, 15) is 4.79 Å². The molecule has 0 spiro atoms. The highest BCUT2D eigenvalue weighted by Crippen LogP contribution is 2.32. The Morgan fingerprint density at radius 1 is 1.38 bits per heavy atom. The number of anilines is 2. The molecule has 0 aromatic carbocycles. The number of amides is 1. The normalized spacial score (nSPS) is 17.8. The van der Waals surface area contributed by atoms with Gasteiger partial charge in [0.1, 0.15) is 11.6 Å². The van der Waals surface area contributed by atoms with Crippen molar-refractivity contribution in [3.63, 3.8) is 0 Å². The van der Waals surface area contributed by atoms with E-state index in [-0.39, 0.29) is 11.9 Å². The van der Waals surface area contributed by atoms with Crippen LogP contribution in [0.4, 0.5) is 10.9 Å². The van der Waals surface area contributed by atoms with Gasteiger partial charge in [0.15, 0.2) is 5.13 Å². The van der Waals surface area contributed by atoms with Crippen LogP contribution in [0.5, 0.6) is 0 Å². The van der Waals surface area contributed by atoms with E-state index < -0.39 is 0 Å². The van der Waals surface area contributed by atoms with Crippen molar-refractivity contribution in [1.82, 2.24) is 19.9 Å². The van der Waals surface area contributed by atoms with Crippen LogP contribution in [0.15, 0.2) is 12.3 Å². The van der Waals surface area contributed by atoms with Gasteiger partial charge >= 0.3 is 0 Å². The smallest absolute Gasteiger partial charge is 0.222 e. The Balaban J connectivity index is 1.87. The van der Waals surface area contributed by atoms with E-state index in [2.05, 4.69) is 20.3 Å². The number of carbonyl (C=O) groups excluding carboxylic acids is 1. The first-order valence-electron chi connectivity index (χ1n) is 8.41. The molecule has 0 aliphatic carbocycles. The van der Waals surface area contributed by atoms with Gasteiger partial charge < -0.3 is 10.2 Å². The van der Waals surface area contributed by atoms with E-state index in [0.717, 1.165) is 47.3 Å². The molecular weight excluding hydrogens is 322 g/mol. The van der Waals surface area contributed by atoms with Crippen LogP contribution in [0.25, 0.3) is 0 Å². The zero-order valence-corrected chi connectivity index (χ0v) is 15.2. The topological polar surface area (TPSA) is 71.0 Å². The second-order valence-corrected chi connectivity index (χ2v) is 7.31. The molecule has 6 nitrogen and oxygen atoms in total. The highest BCUT2D eigenvalue weighted by atomic mass is 32.1. The molecule has 1 N–H and O–H groups in total. The summed E-state index contributed by atoms with van der Waals surface area (Å²) in [6, 6.07) is 2.00. The zero-order chi connectivity index (χ0) is 17.1. The van der Waals surface area contributed by atoms with Crippen molar-refractivity contribution in [3.8, 4) is 0 Å². The van der Waals surface area contributed by atoms with E-state index in [4.69, 9.17) is 0 Å². The first-order valence-corrected chi connectivity index (χ1v) is 9.23. The minimum absolute atomic E-state index is 0.0477. The maximum Gasteiger partial charge on any atom is 0.222 e. The summed E-state index contributed by atoms with van der Waals surface area (Å²) < 4.78 is 0. The molecule has 2 aromatic heterocycles. The number of nitrogens with zero attached hydrogens (tertiary/aromatic N) is 4. The number of carbonyl (C=O) groups is 1. The Morgan fingerprint density at radius 2 is 2.21 bits per heavy atom. The number of piperidine rings is 1. The number of aryl methyl sites for hydroxylation is 2. The average molecular weight is 345 g/mol. The molecule has 3 heterocycles. The van der Waals surface area contributed by atoms with Gasteiger partial charge in [0, 0.05) is 30.1 Å². The van der Waals surface area contributed by atoms with Crippen molar-refractivity contribution in [2.45, 2.75) is 52.5 Å². The van der Waals surface area contributed by atoms with Gasteiger partial charge in [0.2, 0.25) is 5.91 Å². The monoisotopic (exact) mass is 345 g/mol. The largest absolute Gasteiger partial charge is 0.334 e. The number of hydrogen-bond acceptors (Lipinski definition) is 6. The van der Waals surface area contributed by atoms with Crippen LogP contribution in [-0.4, -0.2) is 32.3 Å². The maximum atomic E-state index is 12.3. The lowest BCUT2D eigenvalue weighted by molar-refractivity contribution is -0.134. The number of hydrogen-bond donors (Lipinski definition) is 1. The van der Waals surface area contributed by atoms with Crippen LogP contribution in [0, 0.1) is 13.8 Å². The van der Waals surface area contributed by atoms with E-state index in [0.29, 0.717) is 12.2 Å². The van der Waals surface area contributed by atoms with Crippen molar-refractivity contribution >= 4 is 28.2 Å². The molecule has 1 atom stereocenters. The van der Waals surface area contributed by atoms with Crippen LogP contribution < -0.4 is 5.32 Å². The van der Waals surface area contributed by atoms with Gasteiger partial charge in [-0.3, -0.25) is 4.79 Å². The fraction of sp³-hybridized carbons (Fsp3) is 0.529. The van der Waals surface area contributed by atoms with Gasteiger partial charge in [-0.1, -0.05) is 6.92 Å². The van der Waals surface area contributed by atoms with Crippen LogP contribution in [0.3, 0.4) is 0 Å². The quantitative estimate of drug-likeness (QED) is 0.913. The van der Waals surface area contributed by atoms with E-state index in [1.54, 1.807) is 11.3 Å². The maximum absolute atomic E-state index is 12.3. The first kappa shape index (κ1) is 16.8. The van der Waals surface area contributed by atoms with Gasteiger partial charge in [0.25, 0.3) is 0 Å². The lowest BCUT2D eigenvalue weighted by Crippen LogP contribution is -2.38. The van der Waals surface area contributed by atoms with Gasteiger partial charge in [-0.2, -0.15) is 0 Å². The molecule has 1 saturated heterocycles. The van der Waals surface area contributed by atoms with Crippen molar-refractivity contribution in [2.24, 2.45) is 0 Å². The molecular formula is C17H23N5OS. The van der Waals surface area contributed by atoms with Crippen molar-refractivity contribution in [1.29, 1.82) is 0 Å². The molecule has 0 saturated carbocycles. The summed E-state index contributed by atoms with van der Waals surface area (Å²) in [5.41, 5.74) is 0.916. The Hall–Kier alpha value is -2.02. The molecule has 0 bridgehead atoms. The number of likely N-dealkylation sites (tertiary alicyclic amines) is 1. The summed E-state index contributed by atoms with van der Waals surface area (Å²) in [7, 11) is 0. The molecule has 24 heavy (non-hydrogen) atoms. The summed E-state index contributed by atoms with van der Waals surface area (Å²) in [5, 5.41) is 4.08. The van der Waals surface area contributed by atoms with Gasteiger partial charge in [-0.15, -0.1) is 11.3 Å². The lowest BCUT2D eigenvalue weighted by Gasteiger charge is -2.35. The van der Waals surface area contributed by atoms with Crippen molar-refractivity contribution in [3.05, 3.63) is 28.7 Å². The summed E-state index contributed by atoms with van der Waals surface area (Å²) >= 11 is 1.59. The zero-order valence-electron chi connectivity index (χ0n) is 14.4. The molecule has 2 aromatic rings. The second kappa shape index (κ2) is 7.25. The summed E-state index contributed by atoms with van der Waals surface area (Å²) in [6.07, 6.45) is 5.51. The fourth-order valence-electron chi connectivity index (χ4n) is 3.09. The molecule has 0 unspecified atom stereocenters. The predicted octanol–water partition coefficient (Wildman–Crippen LogP) is 3.76. The molecule has 1 amide bonds. The van der Waals surface area contributed by atoms with Crippen molar-refractivity contribution < 1.29 is 4.79 Å². The summed E-state index contributed by atoms with van der Waals surface area (Å²) in [5.74, 6) is 1.64. The van der Waals surface area contributed by atoms with Gasteiger partial charge in [-0.05, 0) is 33.1 Å². The summed E-state index contributed by atoms with van der Waals surface area (Å²) in [6.45, 7) is 6.64. The third-order valence-electron chi connectivity index (χ3n) is 4.18. The standard InChI is InChI=1S/C17H23N5OS/c1-4-16(23)22-8-6-5-7-14(22)13-9-15(20-12(3)19-13)21-17-18-10-11(2)24-17/h9-10,14H,4-8H2,1-3H3,(H,18,19,20,21)/t14-/m1/s1. The van der Waals surface area contributed by atoms with Gasteiger partial charge in [-0.25, -0.2) is 15.0 Å². The number of thiazole rings is 1. The minimum atomic E-state index is 0.0477. The van der Waals surface area contributed by atoms with E-state index in [1.807, 2.05) is 37.9 Å². The molecule has 7 heteroatoms. The Morgan fingerprint density at radius 3 is 2.92 bits per heavy atom. The third kappa shape index (κ3) is 3.72. The van der Waals surface area contributed by atoms with Crippen molar-refractivity contribution in [2.75, 3.05) is 11.9 Å². The molecule has 1 aliphatic rings. The van der Waals surface area contributed by atoms with Crippen LogP contribution >= 0.6 is 11.3 Å². The van der Waals surface area contributed by atoms with E-state index in [1.165, 1.54) is 0 Å². The Labute approximate surface area is 146 Å². The fourth-order valence-corrected chi connectivity index (χ4v) is 3.76. The molecule has 128 valence electrons. The Kier molecular flexibility index (Phi) is 5.08. The first-order chi connectivity index (χ1) is 11.6. The molecule has 1 fully saturated rings. The van der Waals surface area contributed by atoms with E-state index >= 15 is 0 Å². The van der Waals surface area contributed by atoms with Crippen LogP contribution in [0.2, 0.25) is 0 Å². The van der Waals surface area contributed by atoms with Crippen LogP contribution in [-0.2, 0) is 4.79 Å². The lowest BCUT2D eigenvalue weighted by atomic mass is 9.98. The number of aromatic nitrogens is 3. The summed E-state index contributed by atoms with van der Waals surface area (Å²) in [4.78, 5) is 28.8. The third-order valence-corrected chi connectivity index (χ3v) is 5.01.